The van der Waals surface area contributed by atoms with E-state index >= 15 is 0 Å². The van der Waals surface area contributed by atoms with Crippen LogP contribution in [0, 0.1) is 0 Å². The van der Waals surface area contributed by atoms with Crippen molar-refractivity contribution >= 4 is 17.9 Å². The molecule has 1 N–H and O–H groups in total. The first-order valence-corrected chi connectivity index (χ1v) is 41.1. The smallest absolute Gasteiger partial charge is 0.361 e. The number of allylic oxidation sites excluding steroid dienone is 12. The number of nitrogens with zero attached hydrogens (tertiary/aromatic N) is 1. The van der Waals surface area contributed by atoms with Crippen LogP contribution in [0.25, 0.3) is 0 Å². The van der Waals surface area contributed by atoms with Crippen molar-refractivity contribution in [3.63, 3.8) is 0 Å². The van der Waals surface area contributed by atoms with Crippen LogP contribution in [0.1, 0.15) is 399 Å². The van der Waals surface area contributed by atoms with Crippen LogP contribution < -0.4 is 0 Å². The summed E-state index contributed by atoms with van der Waals surface area (Å²) in [5.74, 6) is -1.97. The number of aliphatic carboxylic acids is 1. The molecule has 2 atom stereocenters. The Morgan fingerprint density at radius 3 is 0.895 bits per heavy atom. The van der Waals surface area contributed by atoms with Gasteiger partial charge in [-0.1, -0.05) is 376 Å². The standard InChI is InChI=1S/C86H157NO8/c1-6-8-10-12-14-16-18-20-22-24-26-28-30-32-34-36-38-40-41-42-43-45-47-49-51-53-55-57-59-61-63-65-67-69-71-73-75-77-84(89)95-82(81-94-86(85(90)91)92-79-78-87(3,4)5)80-93-83(88)76-74-72-70-68-66-64-62-60-58-56-54-52-50-48-46-44-39-37-35-33-31-29-27-25-23-21-19-17-15-13-11-9-7-2/h8,10,14,16,19-22,25-28,82,86H,6-7,9,11-13,15,17-18,23-24,29-81H2,1-5H3/p+1/b10-8-,16-14-,21-19-,22-20-,27-25-,28-26-. The van der Waals surface area contributed by atoms with Crippen molar-refractivity contribution in [1.82, 2.24) is 0 Å². The normalized spacial score (nSPS) is 13.0. The Hall–Kier alpha value is -3.27. The Balaban J connectivity index is 3.96. The van der Waals surface area contributed by atoms with Crippen LogP contribution in [0.4, 0.5) is 0 Å². The van der Waals surface area contributed by atoms with Crippen LogP contribution in [0.2, 0.25) is 0 Å². The number of carboxylic acid groups (broad SMARTS) is 1. The molecule has 0 amide bonds. The molecule has 0 saturated heterocycles. The van der Waals surface area contributed by atoms with Gasteiger partial charge in [-0.15, -0.1) is 0 Å². The van der Waals surface area contributed by atoms with Crippen molar-refractivity contribution in [3.8, 4) is 0 Å². The van der Waals surface area contributed by atoms with E-state index in [-0.39, 0.29) is 38.2 Å². The molecule has 95 heavy (non-hydrogen) atoms. The van der Waals surface area contributed by atoms with Crippen molar-refractivity contribution in [1.29, 1.82) is 0 Å². The topological polar surface area (TPSA) is 108 Å². The quantitative estimate of drug-likeness (QED) is 0.0211. The van der Waals surface area contributed by atoms with Crippen LogP contribution >= 0.6 is 0 Å². The number of likely N-dealkylation sites (N-methyl/N-ethyl adjacent to an activating group) is 1. The van der Waals surface area contributed by atoms with Crippen LogP contribution in [0.3, 0.4) is 0 Å². The zero-order chi connectivity index (χ0) is 69.0. The maximum Gasteiger partial charge on any atom is 0.361 e. The Labute approximate surface area is 589 Å². The maximum atomic E-state index is 13.0. The fraction of sp³-hybridized carbons (Fsp3) is 0.826. The molecule has 0 heterocycles. The minimum Gasteiger partial charge on any atom is -0.477 e. The summed E-state index contributed by atoms with van der Waals surface area (Å²) in [6.45, 7) is 4.82. The van der Waals surface area contributed by atoms with Gasteiger partial charge in [-0.05, 0) is 83.5 Å². The highest BCUT2D eigenvalue weighted by molar-refractivity contribution is 5.71. The van der Waals surface area contributed by atoms with E-state index in [2.05, 4.69) is 86.8 Å². The molecule has 9 nitrogen and oxygen atoms in total. The average molecular weight is 1330 g/mol. The Kier molecular flexibility index (Phi) is 73.9. The van der Waals surface area contributed by atoms with Gasteiger partial charge in [0.2, 0.25) is 0 Å². The monoisotopic (exact) mass is 1330 g/mol. The van der Waals surface area contributed by atoms with Crippen molar-refractivity contribution in [2.75, 3.05) is 47.5 Å². The summed E-state index contributed by atoms with van der Waals surface area (Å²) in [6.07, 6.45) is 101. The zero-order valence-corrected chi connectivity index (χ0v) is 63.6. The third-order valence-electron chi connectivity index (χ3n) is 18.4. The predicted molar refractivity (Wildman–Crippen MR) is 410 cm³/mol. The number of quaternary nitrogens is 1. The van der Waals surface area contributed by atoms with Gasteiger partial charge in [0.05, 0.1) is 34.4 Å². The molecule has 0 bridgehead atoms. The van der Waals surface area contributed by atoms with Gasteiger partial charge in [0, 0.05) is 12.8 Å². The van der Waals surface area contributed by atoms with Crippen LogP contribution in [-0.2, 0) is 33.3 Å². The lowest BCUT2D eigenvalue weighted by Crippen LogP contribution is -2.40. The van der Waals surface area contributed by atoms with Gasteiger partial charge in [0.1, 0.15) is 13.2 Å². The molecule has 0 aliphatic carbocycles. The molecule has 0 aromatic rings. The molecule has 0 radical (unpaired) electrons. The Morgan fingerprint density at radius 1 is 0.326 bits per heavy atom. The van der Waals surface area contributed by atoms with E-state index in [1.165, 1.54) is 302 Å². The highest BCUT2D eigenvalue weighted by Crippen LogP contribution is 2.20. The van der Waals surface area contributed by atoms with Crippen molar-refractivity contribution < 1.29 is 42.9 Å². The number of carboxylic acids is 1. The highest BCUT2D eigenvalue weighted by Gasteiger charge is 2.25. The van der Waals surface area contributed by atoms with Crippen molar-refractivity contribution in [3.05, 3.63) is 72.9 Å². The number of hydrogen-bond donors (Lipinski definition) is 1. The van der Waals surface area contributed by atoms with Crippen LogP contribution in [0.5, 0.6) is 0 Å². The number of carbonyl (C=O) groups is 3. The summed E-state index contributed by atoms with van der Waals surface area (Å²) in [5.41, 5.74) is 0. The van der Waals surface area contributed by atoms with Gasteiger partial charge >= 0.3 is 17.9 Å². The molecule has 0 aliphatic rings. The SMILES string of the molecule is CC/C=C\C/C=C\C/C=C\C/C=C\CCCCCCCCCCCCCCCCCCCCCCCCCCC(=O)OC(COC(=O)CCCCCCCCCCCCCCCCCCCCCCC/C=C\C/C=C\CCCCCCC)COC(OCC[N+](C)(C)C)C(=O)O. The number of carbonyl (C=O) groups excluding carboxylic acids is 2. The minimum atomic E-state index is -1.51. The molecule has 0 aromatic carbocycles. The molecule has 0 spiro atoms. The maximum absolute atomic E-state index is 13.0. The summed E-state index contributed by atoms with van der Waals surface area (Å²) in [4.78, 5) is 37.8. The second kappa shape index (κ2) is 76.5. The van der Waals surface area contributed by atoms with E-state index in [0.717, 1.165) is 70.6 Å². The number of unbranched alkanes of at least 4 members (excludes halogenated alkanes) is 50. The molecule has 554 valence electrons. The molecule has 9 heteroatoms. The average Bonchev–Trinajstić information content (AvgIpc) is 3.75. The number of hydrogen-bond acceptors (Lipinski definition) is 7. The molecular formula is C86H158NO8+. The van der Waals surface area contributed by atoms with Crippen molar-refractivity contribution in [2.24, 2.45) is 0 Å². The lowest BCUT2D eigenvalue weighted by atomic mass is 10.0. The summed E-state index contributed by atoms with van der Waals surface area (Å²) in [5, 5.41) is 9.78. The van der Waals surface area contributed by atoms with E-state index in [1.54, 1.807) is 0 Å². The van der Waals surface area contributed by atoms with E-state index in [1.807, 2.05) is 21.1 Å². The third kappa shape index (κ3) is 77.9. The van der Waals surface area contributed by atoms with Gasteiger partial charge in [0.25, 0.3) is 6.29 Å². The zero-order valence-electron chi connectivity index (χ0n) is 63.6. The fourth-order valence-electron chi connectivity index (χ4n) is 12.2. The van der Waals surface area contributed by atoms with Gasteiger partial charge in [0.15, 0.2) is 6.10 Å². The summed E-state index contributed by atoms with van der Waals surface area (Å²) < 4.78 is 23.1. The molecular weight excluding hydrogens is 1170 g/mol. The van der Waals surface area contributed by atoms with E-state index in [0.29, 0.717) is 17.4 Å². The van der Waals surface area contributed by atoms with Gasteiger partial charge in [-0.3, -0.25) is 9.59 Å². The molecule has 0 fully saturated rings. The Bertz CT molecular complexity index is 1790. The fourth-order valence-corrected chi connectivity index (χ4v) is 12.2. The summed E-state index contributed by atoms with van der Waals surface area (Å²) in [6, 6.07) is 0. The molecule has 0 saturated carbocycles. The lowest BCUT2D eigenvalue weighted by molar-refractivity contribution is -0.870. The number of ether oxygens (including phenoxy) is 4. The number of esters is 2. The largest absolute Gasteiger partial charge is 0.477 e. The van der Waals surface area contributed by atoms with E-state index in [4.69, 9.17) is 18.9 Å². The van der Waals surface area contributed by atoms with Gasteiger partial charge in [-0.2, -0.15) is 0 Å². The van der Waals surface area contributed by atoms with Gasteiger partial charge in [-0.25, -0.2) is 4.79 Å². The predicted octanol–water partition coefficient (Wildman–Crippen LogP) is 26.4. The second-order valence-electron chi connectivity index (χ2n) is 29.1. The lowest BCUT2D eigenvalue weighted by Gasteiger charge is -2.25. The second-order valence-corrected chi connectivity index (χ2v) is 29.1. The number of rotatable bonds is 77. The first kappa shape index (κ1) is 91.7. The van der Waals surface area contributed by atoms with Crippen LogP contribution in [0.15, 0.2) is 72.9 Å². The highest BCUT2D eigenvalue weighted by atomic mass is 16.7. The minimum absolute atomic E-state index is 0.177. The molecule has 0 rings (SSSR count). The summed E-state index contributed by atoms with van der Waals surface area (Å²) >= 11 is 0. The van der Waals surface area contributed by atoms with Gasteiger partial charge < -0.3 is 28.5 Å². The summed E-state index contributed by atoms with van der Waals surface area (Å²) in [7, 11) is 6.00. The Morgan fingerprint density at radius 2 is 0.600 bits per heavy atom. The molecule has 2 unspecified atom stereocenters. The van der Waals surface area contributed by atoms with Crippen molar-refractivity contribution in [2.45, 2.75) is 411 Å². The third-order valence-corrected chi connectivity index (χ3v) is 18.4. The van der Waals surface area contributed by atoms with E-state index in [9.17, 15) is 19.5 Å². The molecule has 0 aliphatic heterocycles. The van der Waals surface area contributed by atoms with E-state index < -0.39 is 18.4 Å². The van der Waals surface area contributed by atoms with Crippen LogP contribution in [-0.4, -0.2) is 87.4 Å². The molecule has 0 aromatic heterocycles. The first-order valence-electron chi connectivity index (χ1n) is 41.1. The first-order chi connectivity index (χ1) is 46.6.